The van der Waals surface area contributed by atoms with E-state index in [1.54, 1.807) is 64.2 Å². The van der Waals surface area contributed by atoms with Gasteiger partial charge in [0.25, 0.3) is 5.91 Å². The lowest BCUT2D eigenvalue weighted by Gasteiger charge is -2.35. The normalized spacial score (nSPS) is 31.4. The number of fused-ring (bicyclic) bond motifs is 2. The van der Waals surface area contributed by atoms with Gasteiger partial charge in [-0.05, 0) is 50.3 Å². The number of para-hydroxylation sites is 1. The Morgan fingerprint density at radius 1 is 0.958 bits per heavy atom. The van der Waals surface area contributed by atoms with E-state index < -0.39 is 47.7 Å². The number of hydrogen-bond acceptors (Lipinski definition) is 7. The molecule has 0 saturated carbocycles. The number of likely N-dealkylation sites (N-methyl/N-ethyl adjacent to an activating group) is 1. The first-order valence-electron chi connectivity index (χ1n) is 16.7. The number of aliphatic hydroxyl groups is 1. The van der Waals surface area contributed by atoms with E-state index in [0.717, 1.165) is 5.56 Å². The summed E-state index contributed by atoms with van der Waals surface area (Å²) in [5.41, 5.74) is -0.225. The van der Waals surface area contributed by atoms with Gasteiger partial charge >= 0.3 is 5.97 Å². The zero-order valence-electron chi connectivity index (χ0n) is 27.2. The van der Waals surface area contributed by atoms with Crippen LogP contribution in [-0.2, 0) is 28.7 Å². The quantitative estimate of drug-likeness (QED) is 0.262. The number of esters is 1. The molecule has 4 aliphatic heterocycles. The Balaban J connectivity index is 1.43. The van der Waals surface area contributed by atoms with Gasteiger partial charge in [0.15, 0.2) is 0 Å². The molecule has 0 aromatic heterocycles. The Hall–Kier alpha value is -3.99. The zero-order valence-corrected chi connectivity index (χ0v) is 28.0. The molecule has 0 aliphatic carbocycles. The van der Waals surface area contributed by atoms with Crippen molar-refractivity contribution in [1.29, 1.82) is 0 Å². The number of nitrogens with zero attached hydrogens (tertiary/aromatic N) is 3. The number of benzene rings is 2. The number of anilines is 1. The van der Waals surface area contributed by atoms with Crippen LogP contribution in [0, 0.1) is 11.8 Å². The van der Waals surface area contributed by atoms with Crippen molar-refractivity contribution in [2.24, 2.45) is 11.8 Å². The van der Waals surface area contributed by atoms with E-state index in [2.05, 4.69) is 0 Å². The minimum absolute atomic E-state index is 0.0265. The van der Waals surface area contributed by atoms with Gasteiger partial charge in [-0.2, -0.15) is 0 Å². The number of likely N-dealkylation sites (tertiary alicyclic amines) is 1. The number of unbranched alkanes of at least 4 members (excludes halogenated alkanes) is 2. The number of carbonyl (C=O) groups is 4. The Kier molecular flexibility index (Phi) is 10.1. The molecule has 11 heteroatoms. The molecular formula is C37H42ClN3O7. The van der Waals surface area contributed by atoms with Crippen molar-refractivity contribution in [3.63, 3.8) is 0 Å². The lowest BCUT2D eigenvalue weighted by Crippen LogP contribution is -2.55. The number of hydrogen-bond donors (Lipinski definition) is 1. The fourth-order valence-electron chi connectivity index (χ4n) is 7.59. The smallest absolute Gasteiger partial charge is 0.313 e. The maximum Gasteiger partial charge on any atom is 0.313 e. The highest BCUT2D eigenvalue weighted by Gasteiger charge is 2.71. The van der Waals surface area contributed by atoms with Crippen LogP contribution < -0.4 is 4.90 Å². The van der Waals surface area contributed by atoms with Crippen LogP contribution in [0.1, 0.15) is 50.7 Å². The first-order valence-corrected chi connectivity index (χ1v) is 17.1. The van der Waals surface area contributed by atoms with Crippen LogP contribution in [0.5, 0.6) is 0 Å². The number of allylic oxidation sites excluding steroid dienone is 1. The van der Waals surface area contributed by atoms with Crippen molar-refractivity contribution >= 4 is 41.0 Å². The summed E-state index contributed by atoms with van der Waals surface area (Å²) >= 11 is 6.57. The average Bonchev–Trinajstić information content (AvgIpc) is 3.47. The first kappa shape index (κ1) is 33.9. The molecule has 6 rings (SSSR count). The Morgan fingerprint density at radius 2 is 1.71 bits per heavy atom. The molecule has 10 nitrogen and oxygen atoms in total. The van der Waals surface area contributed by atoms with Crippen molar-refractivity contribution in [2.75, 3.05) is 31.6 Å². The fourth-order valence-corrected chi connectivity index (χ4v) is 7.82. The topological polar surface area (TPSA) is 117 Å². The second-order valence-corrected chi connectivity index (χ2v) is 13.3. The predicted octanol–water partition coefficient (Wildman–Crippen LogP) is 4.47. The van der Waals surface area contributed by atoms with Crippen molar-refractivity contribution < 1.29 is 33.8 Å². The molecular weight excluding hydrogens is 634 g/mol. The van der Waals surface area contributed by atoms with E-state index in [1.165, 1.54) is 0 Å². The number of carbonyl (C=O) groups excluding carboxylic acids is 4. The third kappa shape index (κ3) is 6.06. The fraction of sp³-hybridized carbons (Fsp3) is 0.459. The molecule has 2 aromatic carbocycles. The Bertz CT molecular complexity index is 1600. The average molecular weight is 676 g/mol. The van der Waals surface area contributed by atoms with E-state index in [1.807, 2.05) is 43.3 Å². The SMILES string of the molecule is C[C@@H]1[C@@H](c2ccccc2)OC(=O)[C@@H]2[C@H]3C(=O)N(CCCCCO)[C@@H]4C(=O)N(c5ccccc5Cl)CC=C[C@]34O[C@@H]2/C=C\CCC(=O)N1C. The van der Waals surface area contributed by atoms with Crippen molar-refractivity contribution in [3.8, 4) is 0 Å². The van der Waals surface area contributed by atoms with Gasteiger partial charge in [0, 0.05) is 33.2 Å². The lowest BCUT2D eigenvalue weighted by atomic mass is 9.77. The molecule has 48 heavy (non-hydrogen) atoms. The molecule has 1 spiro atoms. The molecule has 3 amide bonds. The molecule has 1 N–H and O–H groups in total. The Morgan fingerprint density at radius 3 is 2.46 bits per heavy atom. The summed E-state index contributed by atoms with van der Waals surface area (Å²) < 4.78 is 13.1. The summed E-state index contributed by atoms with van der Waals surface area (Å²) in [6.45, 7) is 2.31. The zero-order chi connectivity index (χ0) is 34.0. The summed E-state index contributed by atoms with van der Waals surface area (Å²) in [5, 5.41) is 9.77. The number of amides is 3. The number of aliphatic hydroxyl groups excluding tert-OH is 1. The third-order valence-corrected chi connectivity index (χ3v) is 10.5. The highest BCUT2D eigenvalue weighted by molar-refractivity contribution is 6.34. The number of ether oxygens (including phenoxy) is 2. The van der Waals surface area contributed by atoms with Crippen LogP contribution >= 0.6 is 11.6 Å². The number of rotatable bonds is 7. The Labute approximate surface area is 285 Å². The van der Waals surface area contributed by atoms with Gasteiger partial charge in [-0.3, -0.25) is 19.2 Å². The van der Waals surface area contributed by atoms with Gasteiger partial charge in [0.2, 0.25) is 11.8 Å². The van der Waals surface area contributed by atoms with E-state index >= 15 is 0 Å². The summed E-state index contributed by atoms with van der Waals surface area (Å²) in [5.74, 6) is -3.53. The van der Waals surface area contributed by atoms with Gasteiger partial charge < -0.3 is 29.3 Å². The van der Waals surface area contributed by atoms with Crippen LogP contribution in [0.4, 0.5) is 5.69 Å². The van der Waals surface area contributed by atoms with Crippen LogP contribution in [0.2, 0.25) is 5.02 Å². The summed E-state index contributed by atoms with van der Waals surface area (Å²) in [6, 6.07) is 14.7. The molecule has 0 radical (unpaired) electrons. The minimum atomic E-state index is -1.46. The summed E-state index contributed by atoms with van der Waals surface area (Å²) in [4.78, 5) is 61.7. The van der Waals surface area contributed by atoms with Crippen LogP contribution in [0.25, 0.3) is 0 Å². The van der Waals surface area contributed by atoms with Crippen molar-refractivity contribution in [2.45, 2.75) is 68.9 Å². The van der Waals surface area contributed by atoms with Gasteiger partial charge in [-0.25, -0.2) is 0 Å². The van der Waals surface area contributed by atoms with Crippen LogP contribution in [0.15, 0.2) is 78.9 Å². The highest BCUT2D eigenvalue weighted by atomic mass is 35.5. The molecule has 0 unspecified atom stereocenters. The van der Waals surface area contributed by atoms with E-state index in [4.69, 9.17) is 21.1 Å². The standard InChI is InChI=1S/C37H42ClN3O7/c1-24-32(25-14-5-3-6-15-25)47-36(46)30-28(18-9-10-19-29(43)39(24)2)48-37-20-13-22-40(27-17-8-7-16-26(27)38)35(45)33(37)41(34(44)31(30)37)21-11-4-12-23-42/h3,5-9,13-18,20,24,28,30-33,42H,4,10-12,19,21-23H2,1-2H3/b18-9-/t24-,28-,30+,31+,32+,33-,37+/m1/s1. The number of cyclic esters (lactones) is 1. The van der Waals surface area contributed by atoms with Crippen LogP contribution in [-0.4, -0.2) is 89.1 Å². The number of halogens is 1. The minimum Gasteiger partial charge on any atom is -0.455 e. The maximum atomic E-state index is 14.7. The molecule has 2 fully saturated rings. The maximum absolute atomic E-state index is 14.7. The molecule has 4 heterocycles. The second-order valence-electron chi connectivity index (χ2n) is 12.9. The highest BCUT2D eigenvalue weighted by Crippen LogP contribution is 2.54. The molecule has 254 valence electrons. The van der Waals surface area contributed by atoms with Gasteiger partial charge in [0.05, 0.1) is 28.8 Å². The van der Waals surface area contributed by atoms with Gasteiger partial charge in [-0.1, -0.05) is 78.4 Å². The first-order chi connectivity index (χ1) is 23.2. The largest absolute Gasteiger partial charge is 0.455 e. The molecule has 7 atom stereocenters. The second kappa shape index (κ2) is 14.2. The van der Waals surface area contributed by atoms with Crippen molar-refractivity contribution in [1.82, 2.24) is 9.80 Å². The summed E-state index contributed by atoms with van der Waals surface area (Å²) in [7, 11) is 1.70. The molecule has 4 aliphatic rings. The predicted molar refractivity (Wildman–Crippen MR) is 180 cm³/mol. The van der Waals surface area contributed by atoms with Gasteiger partial charge in [-0.15, -0.1) is 0 Å². The van der Waals surface area contributed by atoms with Crippen molar-refractivity contribution in [3.05, 3.63) is 89.5 Å². The lowest BCUT2D eigenvalue weighted by molar-refractivity contribution is -0.164. The third-order valence-electron chi connectivity index (χ3n) is 10.1. The molecule has 2 aromatic rings. The van der Waals surface area contributed by atoms with Crippen LogP contribution in [0.3, 0.4) is 0 Å². The summed E-state index contributed by atoms with van der Waals surface area (Å²) in [6.07, 6.45) is 7.87. The van der Waals surface area contributed by atoms with E-state index in [0.29, 0.717) is 36.4 Å². The monoisotopic (exact) mass is 675 g/mol. The molecule has 0 bridgehead atoms. The van der Waals surface area contributed by atoms with E-state index in [9.17, 15) is 24.3 Å². The van der Waals surface area contributed by atoms with Gasteiger partial charge in [0.1, 0.15) is 23.7 Å². The van der Waals surface area contributed by atoms with E-state index in [-0.39, 0.29) is 43.8 Å². The molecule has 2 saturated heterocycles.